The number of hydrogen-bond acceptors (Lipinski definition) is 8. The lowest BCUT2D eigenvalue weighted by Gasteiger charge is -2.27. The van der Waals surface area contributed by atoms with Gasteiger partial charge in [-0.3, -0.25) is 9.48 Å². The van der Waals surface area contributed by atoms with Crippen molar-refractivity contribution in [3.05, 3.63) is 61.4 Å². The molecule has 0 radical (unpaired) electrons. The number of anilines is 4. The van der Waals surface area contributed by atoms with Crippen molar-refractivity contribution in [3.8, 4) is 17.0 Å². The number of likely N-dealkylation sites (N-methyl/N-ethyl adjacent to an activating group) is 2. The van der Waals surface area contributed by atoms with Crippen molar-refractivity contribution in [2.45, 2.75) is 27.3 Å². The molecule has 0 fully saturated rings. The third-order valence-electron chi connectivity index (χ3n) is 6.96. The topological polar surface area (TPSA) is 100 Å². The van der Waals surface area contributed by atoms with Crippen molar-refractivity contribution in [2.75, 3.05) is 55.9 Å². The Balaban J connectivity index is 1.65. The number of benzene rings is 2. The summed E-state index contributed by atoms with van der Waals surface area (Å²) >= 11 is 0. The molecule has 0 unspecified atom stereocenters. The summed E-state index contributed by atoms with van der Waals surface area (Å²) in [4.78, 5) is 26.0. The molecule has 0 atom stereocenters. The SMILES string of the molecule is C=CC(=O)Nc1cc(Nc2nccc(-c3ccc4c(cnn4CC)c3)n2)c(OC)cc1N(C)CCN(CC)CC. The van der Waals surface area contributed by atoms with Gasteiger partial charge in [0.2, 0.25) is 11.9 Å². The molecule has 0 aliphatic carbocycles. The Labute approximate surface area is 235 Å². The number of hydrogen-bond donors (Lipinski definition) is 2. The predicted molar refractivity (Wildman–Crippen MR) is 163 cm³/mol. The van der Waals surface area contributed by atoms with Crippen LogP contribution >= 0.6 is 0 Å². The van der Waals surface area contributed by atoms with E-state index in [9.17, 15) is 4.79 Å². The Kier molecular flexibility index (Phi) is 9.34. The molecule has 40 heavy (non-hydrogen) atoms. The number of aryl methyl sites for hydroxylation is 1. The highest BCUT2D eigenvalue weighted by Crippen LogP contribution is 2.38. The minimum Gasteiger partial charge on any atom is -0.494 e. The van der Waals surface area contributed by atoms with Gasteiger partial charge in [-0.15, -0.1) is 0 Å². The van der Waals surface area contributed by atoms with E-state index in [1.54, 1.807) is 13.3 Å². The summed E-state index contributed by atoms with van der Waals surface area (Å²) in [6, 6.07) is 11.8. The van der Waals surface area contributed by atoms with Crippen LogP contribution in [0.15, 0.2) is 61.4 Å². The second-order valence-corrected chi connectivity index (χ2v) is 9.34. The summed E-state index contributed by atoms with van der Waals surface area (Å²) in [5.74, 6) is 0.710. The molecule has 0 saturated heterocycles. The van der Waals surface area contributed by atoms with Gasteiger partial charge in [0, 0.05) is 49.9 Å². The second kappa shape index (κ2) is 13.1. The Morgan fingerprint density at radius 2 is 1.90 bits per heavy atom. The van der Waals surface area contributed by atoms with Crippen molar-refractivity contribution in [3.63, 3.8) is 0 Å². The van der Waals surface area contributed by atoms with Gasteiger partial charge in [-0.1, -0.05) is 26.5 Å². The van der Waals surface area contributed by atoms with E-state index in [0.717, 1.165) is 60.6 Å². The number of ether oxygens (including phenoxy) is 1. The maximum Gasteiger partial charge on any atom is 0.247 e. The predicted octanol–water partition coefficient (Wildman–Crippen LogP) is 5.17. The Morgan fingerprint density at radius 1 is 1.10 bits per heavy atom. The average molecular weight is 543 g/mol. The number of amides is 1. The summed E-state index contributed by atoms with van der Waals surface area (Å²) in [5.41, 5.74) is 4.91. The monoisotopic (exact) mass is 542 g/mol. The van der Waals surface area contributed by atoms with E-state index >= 15 is 0 Å². The van der Waals surface area contributed by atoms with Crippen LogP contribution in [-0.4, -0.2) is 70.9 Å². The van der Waals surface area contributed by atoms with Crippen LogP contribution in [0.4, 0.5) is 23.0 Å². The molecule has 2 aromatic carbocycles. The zero-order valence-corrected chi connectivity index (χ0v) is 23.9. The molecule has 0 saturated carbocycles. The molecule has 4 rings (SSSR count). The molecule has 1 amide bonds. The summed E-state index contributed by atoms with van der Waals surface area (Å²) < 4.78 is 7.71. The first-order chi connectivity index (χ1) is 19.4. The highest BCUT2D eigenvalue weighted by atomic mass is 16.5. The van der Waals surface area contributed by atoms with Gasteiger partial charge >= 0.3 is 0 Å². The largest absolute Gasteiger partial charge is 0.494 e. The number of carbonyl (C=O) groups is 1. The number of nitrogens with zero attached hydrogens (tertiary/aromatic N) is 6. The maximum absolute atomic E-state index is 12.3. The molecule has 10 heteroatoms. The van der Waals surface area contributed by atoms with Crippen LogP contribution in [0.5, 0.6) is 5.75 Å². The van der Waals surface area contributed by atoms with Crippen molar-refractivity contribution in [1.29, 1.82) is 0 Å². The minimum absolute atomic E-state index is 0.297. The quantitative estimate of drug-likeness (QED) is 0.223. The summed E-state index contributed by atoms with van der Waals surface area (Å²) in [7, 11) is 3.62. The first-order valence-corrected chi connectivity index (χ1v) is 13.6. The molecule has 2 aromatic heterocycles. The number of fused-ring (bicyclic) bond motifs is 1. The van der Waals surface area contributed by atoms with Gasteiger partial charge in [-0.25, -0.2) is 9.97 Å². The average Bonchev–Trinajstić information content (AvgIpc) is 3.40. The second-order valence-electron chi connectivity index (χ2n) is 9.34. The van der Waals surface area contributed by atoms with E-state index in [1.165, 1.54) is 6.08 Å². The van der Waals surface area contributed by atoms with E-state index < -0.39 is 0 Å². The maximum atomic E-state index is 12.3. The molecule has 210 valence electrons. The number of carbonyl (C=O) groups excluding carboxylic acids is 1. The number of aromatic nitrogens is 4. The fourth-order valence-corrected chi connectivity index (χ4v) is 4.59. The van der Waals surface area contributed by atoms with Crippen LogP contribution in [0.25, 0.3) is 22.2 Å². The molecule has 0 spiro atoms. The minimum atomic E-state index is -0.297. The van der Waals surface area contributed by atoms with Gasteiger partial charge in [0.25, 0.3) is 0 Å². The smallest absolute Gasteiger partial charge is 0.247 e. The van der Waals surface area contributed by atoms with Crippen molar-refractivity contribution in [1.82, 2.24) is 24.6 Å². The molecule has 0 aliphatic heterocycles. The van der Waals surface area contributed by atoms with Crippen LogP contribution < -0.4 is 20.3 Å². The summed E-state index contributed by atoms with van der Waals surface area (Å²) in [6.45, 7) is 14.4. The van der Waals surface area contributed by atoms with Crippen molar-refractivity contribution >= 4 is 39.8 Å². The third-order valence-corrected chi connectivity index (χ3v) is 6.96. The van der Waals surface area contributed by atoms with Crippen LogP contribution in [0, 0.1) is 0 Å². The van der Waals surface area contributed by atoms with Crippen LogP contribution in [-0.2, 0) is 11.3 Å². The molecule has 0 aliphatic rings. The van der Waals surface area contributed by atoms with Gasteiger partial charge in [-0.05, 0) is 50.4 Å². The lowest BCUT2D eigenvalue weighted by Crippen LogP contribution is -2.33. The van der Waals surface area contributed by atoms with E-state index in [-0.39, 0.29) is 5.91 Å². The normalized spacial score (nSPS) is 11.1. The van der Waals surface area contributed by atoms with Gasteiger partial charge in [0.1, 0.15) is 5.75 Å². The Morgan fingerprint density at radius 3 is 2.60 bits per heavy atom. The molecular formula is C30H38N8O2. The van der Waals surface area contributed by atoms with E-state index in [0.29, 0.717) is 23.1 Å². The van der Waals surface area contributed by atoms with Gasteiger partial charge in [0.15, 0.2) is 0 Å². The number of rotatable bonds is 13. The first kappa shape index (κ1) is 28.6. The lowest BCUT2D eigenvalue weighted by atomic mass is 10.1. The molecular weight excluding hydrogens is 504 g/mol. The number of nitrogens with one attached hydrogen (secondary N) is 2. The standard InChI is InChI=1S/C30H38N8O2/c1-7-29(39)33-24-18-25(28(40-6)19-27(24)36(5)15-16-37(8-2)9-3)35-30-31-14-13-23(34-30)21-11-12-26-22(17-21)20-32-38(26)10-4/h7,11-14,17-20H,1,8-10,15-16H2,2-6H3,(H,33,39)(H,31,34,35). The summed E-state index contributed by atoms with van der Waals surface area (Å²) in [5, 5.41) is 11.7. The Hall–Kier alpha value is -4.44. The van der Waals surface area contributed by atoms with Crippen LogP contribution in [0.3, 0.4) is 0 Å². The Bertz CT molecular complexity index is 1480. The molecule has 4 aromatic rings. The summed E-state index contributed by atoms with van der Waals surface area (Å²) in [6.07, 6.45) is 4.84. The molecule has 2 N–H and O–H groups in total. The molecule has 10 nitrogen and oxygen atoms in total. The fraction of sp³-hybridized carbons (Fsp3) is 0.333. The van der Waals surface area contributed by atoms with E-state index in [4.69, 9.17) is 9.72 Å². The highest BCUT2D eigenvalue weighted by molar-refractivity contribution is 6.02. The van der Waals surface area contributed by atoms with E-state index in [2.05, 4.69) is 70.0 Å². The van der Waals surface area contributed by atoms with E-state index in [1.807, 2.05) is 42.2 Å². The fourth-order valence-electron chi connectivity index (χ4n) is 4.59. The molecule has 0 bridgehead atoms. The van der Waals surface area contributed by atoms with Crippen LogP contribution in [0.1, 0.15) is 20.8 Å². The zero-order valence-electron chi connectivity index (χ0n) is 23.9. The van der Waals surface area contributed by atoms with Crippen molar-refractivity contribution < 1.29 is 9.53 Å². The molecule has 2 heterocycles. The third kappa shape index (κ3) is 6.40. The van der Waals surface area contributed by atoms with Gasteiger partial charge in [0.05, 0.1) is 41.6 Å². The lowest BCUT2D eigenvalue weighted by molar-refractivity contribution is -0.111. The highest BCUT2D eigenvalue weighted by Gasteiger charge is 2.17. The van der Waals surface area contributed by atoms with Crippen molar-refractivity contribution in [2.24, 2.45) is 0 Å². The zero-order chi connectivity index (χ0) is 28.6. The van der Waals surface area contributed by atoms with Gasteiger partial charge in [-0.2, -0.15) is 5.10 Å². The first-order valence-electron chi connectivity index (χ1n) is 13.6. The van der Waals surface area contributed by atoms with Crippen LogP contribution in [0.2, 0.25) is 0 Å². The number of methoxy groups -OCH3 is 1. The van der Waals surface area contributed by atoms with Gasteiger partial charge < -0.3 is 25.2 Å².